The second kappa shape index (κ2) is 8.36. The molecule has 1 N–H and O–H groups in total. The third kappa shape index (κ3) is 4.59. The normalized spacial score (nSPS) is 16.6. The smallest absolute Gasteiger partial charge is 0.343 e. The molecule has 0 aliphatic carbocycles. The van der Waals surface area contributed by atoms with Crippen molar-refractivity contribution in [3.8, 4) is 0 Å². The summed E-state index contributed by atoms with van der Waals surface area (Å²) in [5.41, 5.74) is -0.732. The third-order valence-corrected chi connectivity index (χ3v) is 5.99. The fraction of sp³-hybridized carbons (Fsp3) is 0.409. The van der Waals surface area contributed by atoms with E-state index >= 15 is 0 Å². The Balaban J connectivity index is 1.96. The number of benzene rings is 2. The lowest BCUT2D eigenvalue weighted by Crippen LogP contribution is -2.52. The summed E-state index contributed by atoms with van der Waals surface area (Å²) < 4.78 is 39.6. The summed E-state index contributed by atoms with van der Waals surface area (Å²) in [6.07, 6.45) is -2.46. The second-order valence-corrected chi connectivity index (χ2v) is 8.21. The maximum atomic E-state index is 13.2. The largest absolute Gasteiger partial charge is 0.417 e. The number of alkyl halides is 3. The lowest BCUT2D eigenvalue weighted by atomic mass is 9.86. The lowest BCUT2D eigenvalue weighted by Gasteiger charge is -2.42. The summed E-state index contributed by atoms with van der Waals surface area (Å²) in [6, 6.07) is 12.5. The molecule has 0 aromatic heterocycles. The van der Waals surface area contributed by atoms with E-state index in [4.69, 9.17) is 11.6 Å². The molecule has 1 heterocycles. The Morgan fingerprint density at radius 1 is 1.03 bits per heavy atom. The van der Waals surface area contributed by atoms with Gasteiger partial charge in [-0.1, -0.05) is 48.0 Å². The van der Waals surface area contributed by atoms with Gasteiger partial charge in [-0.15, -0.1) is 0 Å². The first-order chi connectivity index (χ1) is 13.6. The van der Waals surface area contributed by atoms with Gasteiger partial charge >= 0.3 is 6.18 Å². The maximum absolute atomic E-state index is 13.2. The summed E-state index contributed by atoms with van der Waals surface area (Å²) in [5, 5.41) is 2.37. The van der Waals surface area contributed by atoms with Crippen LogP contribution in [0.5, 0.6) is 0 Å². The minimum absolute atomic E-state index is 0.181. The molecule has 2 aromatic rings. The van der Waals surface area contributed by atoms with Gasteiger partial charge in [0.05, 0.1) is 22.2 Å². The standard InChI is InChI=1S/C22H24ClF3N2O/c1-21(2,28-13-6-7-14-28)19(15-9-4-3-5-10-15)27-20(29)16-11-8-12-17(18(16)23)22(24,25)26/h3-5,8-12,19H,6-7,13-14H2,1-2H3,(H,27,29). The highest BCUT2D eigenvalue weighted by molar-refractivity contribution is 6.34. The number of carbonyl (C=O) groups is 1. The highest BCUT2D eigenvalue weighted by atomic mass is 35.5. The number of likely N-dealkylation sites (tertiary alicyclic amines) is 1. The molecule has 1 fully saturated rings. The van der Waals surface area contributed by atoms with Crippen LogP contribution in [0.15, 0.2) is 48.5 Å². The van der Waals surface area contributed by atoms with Crippen LogP contribution in [0.3, 0.4) is 0 Å². The fourth-order valence-corrected chi connectivity index (χ4v) is 4.24. The molecule has 7 heteroatoms. The van der Waals surface area contributed by atoms with Gasteiger partial charge in [0.2, 0.25) is 0 Å². The SMILES string of the molecule is CC(C)(C(NC(=O)c1cccc(C(F)(F)F)c1Cl)c1ccccc1)N1CCCC1. The molecule has 1 aliphatic rings. The number of amides is 1. The van der Waals surface area contributed by atoms with E-state index in [0.29, 0.717) is 0 Å². The van der Waals surface area contributed by atoms with Crippen LogP contribution in [0.1, 0.15) is 54.2 Å². The average Bonchev–Trinajstić information content (AvgIpc) is 3.21. The van der Waals surface area contributed by atoms with Gasteiger partial charge in [0, 0.05) is 5.54 Å². The number of carbonyl (C=O) groups excluding carboxylic acids is 1. The first-order valence-corrected chi connectivity index (χ1v) is 9.96. The molecule has 156 valence electrons. The van der Waals surface area contributed by atoms with Crippen molar-refractivity contribution in [3.05, 3.63) is 70.2 Å². The van der Waals surface area contributed by atoms with Crippen molar-refractivity contribution in [2.75, 3.05) is 13.1 Å². The summed E-state index contributed by atoms with van der Waals surface area (Å²) >= 11 is 5.97. The van der Waals surface area contributed by atoms with Crippen molar-refractivity contribution in [1.82, 2.24) is 10.2 Å². The second-order valence-electron chi connectivity index (χ2n) is 7.83. The first kappa shape index (κ1) is 21.7. The minimum atomic E-state index is -4.62. The fourth-order valence-electron chi connectivity index (χ4n) is 3.92. The predicted molar refractivity (Wildman–Crippen MR) is 108 cm³/mol. The number of nitrogens with zero attached hydrogens (tertiary/aromatic N) is 1. The Morgan fingerprint density at radius 3 is 2.24 bits per heavy atom. The van der Waals surface area contributed by atoms with Gasteiger partial charge in [-0.25, -0.2) is 0 Å². The Kier molecular flexibility index (Phi) is 6.24. The van der Waals surface area contributed by atoms with E-state index in [0.717, 1.165) is 37.6 Å². The van der Waals surface area contributed by atoms with Gasteiger partial charge < -0.3 is 5.32 Å². The molecule has 1 unspecified atom stereocenters. The molecular weight excluding hydrogens is 401 g/mol. The zero-order valence-corrected chi connectivity index (χ0v) is 17.1. The van der Waals surface area contributed by atoms with Crippen molar-refractivity contribution in [2.24, 2.45) is 0 Å². The molecule has 0 bridgehead atoms. The molecule has 3 nitrogen and oxygen atoms in total. The lowest BCUT2D eigenvalue weighted by molar-refractivity contribution is -0.137. The van der Waals surface area contributed by atoms with Gasteiger partial charge in [-0.2, -0.15) is 13.2 Å². The van der Waals surface area contributed by atoms with E-state index in [2.05, 4.69) is 10.2 Å². The Bertz CT molecular complexity index is 862. The molecule has 0 radical (unpaired) electrons. The summed E-state index contributed by atoms with van der Waals surface area (Å²) in [5.74, 6) is -0.623. The van der Waals surface area contributed by atoms with Crippen molar-refractivity contribution in [3.63, 3.8) is 0 Å². The van der Waals surface area contributed by atoms with Crippen LogP contribution >= 0.6 is 11.6 Å². The number of halogens is 4. The van der Waals surface area contributed by atoms with Crippen LogP contribution in [0.2, 0.25) is 5.02 Å². The van der Waals surface area contributed by atoms with E-state index in [1.807, 2.05) is 44.2 Å². The number of hydrogen-bond acceptors (Lipinski definition) is 2. The summed E-state index contributed by atoms with van der Waals surface area (Å²) in [6.45, 7) is 5.92. The molecule has 1 saturated heterocycles. The summed E-state index contributed by atoms with van der Waals surface area (Å²) in [4.78, 5) is 15.3. The molecule has 2 aromatic carbocycles. The van der Waals surface area contributed by atoms with Crippen LogP contribution in [0.4, 0.5) is 13.2 Å². The number of nitrogens with one attached hydrogen (secondary N) is 1. The monoisotopic (exact) mass is 424 g/mol. The Morgan fingerprint density at radius 2 is 1.66 bits per heavy atom. The topological polar surface area (TPSA) is 32.3 Å². The summed E-state index contributed by atoms with van der Waals surface area (Å²) in [7, 11) is 0. The van der Waals surface area contributed by atoms with Gasteiger partial charge in [0.15, 0.2) is 0 Å². The minimum Gasteiger partial charge on any atom is -0.343 e. The van der Waals surface area contributed by atoms with Crippen LogP contribution in [-0.2, 0) is 6.18 Å². The molecule has 0 spiro atoms. The zero-order valence-electron chi connectivity index (χ0n) is 16.4. The quantitative estimate of drug-likeness (QED) is 0.667. The van der Waals surface area contributed by atoms with Crippen molar-refractivity contribution in [1.29, 1.82) is 0 Å². The molecule has 1 aliphatic heterocycles. The number of hydrogen-bond donors (Lipinski definition) is 1. The van der Waals surface area contributed by atoms with E-state index in [9.17, 15) is 18.0 Å². The van der Waals surface area contributed by atoms with Crippen LogP contribution in [0.25, 0.3) is 0 Å². The molecule has 0 saturated carbocycles. The van der Waals surface area contributed by atoms with Gasteiger partial charge in [0.25, 0.3) is 5.91 Å². The van der Waals surface area contributed by atoms with Crippen molar-refractivity contribution in [2.45, 2.75) is 44.4 Å². The van der Waals surface area contributed by atoms with Gasteiger partial charge in [0.1, 0.15) is 0 Å². The van der Waals surface area contributed by atoms with Crippen LogP contribution in [0, 0.1) is 0 Å². The molecule has 1 amide bonds. The van der Waals surface area contributed by atoms with E-state index in [1.54, 1.807) is 0 Å². The highest BCUT2D eigenvalue weighted by Gasteiger charge is 2.40. The van der Waals surface area contributed by atoms with E-state index < -0.39 is 34.3 Å². The molecular formula is C22H24ClF3N2O. The first-order valence-electron chi connectivity index (χ1n) is 9.59. The predicted octanol–water partition coefficient (Wildman–Crippen LogP) is 5.70. The van der Waals surface area contributed by atoms with Gasteiger partial charge in [-0.05, 0) is 57.5 Å². The molecule has 1 atom stereocenters. The Labute approximate surface area is 173 Å². The van der Waals surface area contributed by atoms with Gasteiger partial charge in [-0.3, -0.25) is 9.69 Å². The molecule has 3 rings (SSSR count). The van der Waals surface area contributed by atoms with Crippen LogP contribution in [-0.4, -0.2) is 29.4 Å². The van der Waals surface area contributed by atoms with Crippen molar-refractivity contribution < 1.29 is 18.0 Å². The zero-order chi connectivity index (χ0) is 21.2. The maximum Gasteiger partial charge on any atom is 0.417 e. The van der Waals surface area contributed by atoms with E-state index in [-0.39, 0.29) is 5.56 Å². The Hall–Kier alpha value is -2.05. The van der Waals surface area contributed by atoms with Crippen molar-refractivity contribution >= 4 is 17.5 Å². The number of rotatable bonds is 5. The highest BCUT2D eigenvalue weighted by Crippen LogP contribution is 2.37. The van der Waals surface area contributed by atoms with Crippen LogP contribution < -0.4 is 5.32 Å². The molecule has 29 heavy (non-hydrogen) atoms. The van der Waals surface area contributed by atoms with E-state index in [1.165, 1.54) is 12.1 Å². The third-order valence-electron chi connectivity index (χ3n) is 5.58. The average molecular weight is 425 g/mol.